The fraction of sp³-hybridized carbons (Fsp3) is 0.350. The molecule has 8 heteroatoms. The van der Waals surface area contributed by atoms with Crippen LogP contribution in [-0.4, -0.2) is 32.5 Å². The third-order valence-electron chi connectivity index (χ3n) is 4.50. The van der Waals surface area contributed by atoms with E-state index in [0.717, 1.165) is 22.7 Å². The van der Waals surface area contributed by atoms with Gasteiger partial charge in [0.25, 0.3) is 5.56 Å². The number of fused-ring (bicyclic) bond motifs is 1. The van der Waals surface area contributed by atoms with Gasteiger partial charge in [0.05, 0.1) is 11.3 Å². The lowest BCUT2D eigenvalue weighted by Gasteiger charge is -2.17. The lowest BCUT2D eigenvalue weighted by atomic mass is 10.2. The minimum atomic E-state index is -0.126. The second-order valence-corrected chi connectivity index (χ2v) is 8.43. The summed E-state index contributed by atoms with van der Waals surface area (Å²) >= 11 is 2.91. The quantitative estimate of drug-likeness (QED) is 0.439. The Bertz CT molecular complexity index is 1060. The number of rotatable bonds is 7. The maximum absolute atomic E-state index is 12.9. The summed E-state index contributed by atoms with van der Waals surface area (Å²) in [6.07, 6.45) is 2.80. The summed E-state index contributed by atoms with van der Waals surface area (Å²) in [5, 5.41) is 3.48. The predicted molar refractivity (Wildman–Crippen MR) is 118 cm³/mol. The van der Waals surface area contributed by atoms with Crippen molar-refractivity contribution in [1.29, 1.82) is 0 Å². The number of aryl methyl sites for hydroxylation is 1. The molecule has 1 amide bonds. The minimum Gasteiger partial charge on any atom is -0.353 e. The number of carbonyl (C=O) groups is 1. The number of hydrogen-bond donors (Lipinski definition) is 2. The maximum Gasteiger partial charge on any atom is 0.278 e. The molecule has 0 bridgehead atoms. The van der Waals surface area contributed by atoms with Gasteiger partial charge in [-0.05, 0) is 50.8 Å². The topological polar surface area (TPSA) is 79.8 Å². The first-order valence-electron chi connectivity index (χ1n) is 9.11. The van der Waals surface area contributed by atoms with Crippen LogP contribution in [0.15, 0.2) is 45.2 Å². The van der Waals surface area contributed by atoms with E-state index in [4.69, 9.17) is 0 Å². The van der Waals surface area contributed by atoms with Gasteiger partial charge in [0.2, 0.25) is 5.91 Å². The van der Waals surface area contributed by atoms with Crippen molar-refractivity contribution >= 4 is 46.2 Å². The average Bonchev–Trinajstić information content (AvgIpc) is 3.06. The van der Waals surface area contributed by atoms with Crippen LogP contribution in [0.4, 0.5) is 5.69 Å². The van der Waals surface area contributed by atoms with Crippen molar-refractivity contribution in [1.82, 2.24) is 14.5 Å². The number of thioether (sulfide) groups is 2. The zero-order valence-corrected chi connectivity index (χ0v) is 18.0. The predicted octanol–water partition coefficient (Wildman–Crippen LogP) is 4.46. The van der Waals surface area contributed by atoms with Crippen molar-refractivity contribution < 1.29 is 4.79 Å². The summed E-state index contributed by atoms with van der Waals surface area (Å²) in [4.78, 5) is 34.2. The summed E-state index contributed by atoms with van der Waals surface area (Å²) in [5.41, 5.74) is 2.71. The highest BCUT2D eigenvalue weighted by Crippen LogP contribution is 2.23. The van der Waals surface area contributed by atoms with Crippen LogP contribution in [-0.2, 0) is 4.79 Å². The molecule has 0 saturated carbocycles. The first kappa shape index (κ1) is 20.5. The minimum absolute atomic E-state index is 0.00294. The first-order valence-corrected chi connectivity index (χ1v) is 11.3. The molecule has 0 unspecified atom stereocenters. The van der Waals surface area contributed by atoms with Gasteiger partial charge >= 0.3 is 0 Å². The Morgan fingerprint density at radius 2 is 2.14 bits per heavy atom. The SMILES string of the molecule is CC[C@H](C)n1c(SCC(=O)Nc2cccc(SC)c2)nc2cc(C)[nH]c2c1=O. The molecule has 0 aliphatic rings. The number of carbonyl (C=O) groups excluding carboxylic acids is 1. The zero-order chi connectivity index (χ0) is 20.3. The van der Waals surface area contributed by atoms with E-state index in [-0.39, 0.29) is 23.3 Å². The summed E-state index contributed by atoms with van der Waals surface area (Å²) < 4.78 is 1.69. The molecule has 2 aromatic heterocycles. The average molecular weight is 417 g/mol. The zero-order valence-electron chi connectivity index (χ0n) is 16.4. The number of amides is 1. The van der Waals surface area contributed by atoms with E-state index in [1.54, 1.807) is 16.3 Å². The highest BCUT2D eigenvalue weighted by molar-refractivity contribution is 7.99. The van der Waals surface area contributed by atoms with Gasteiger partial charge in [-0.3, -0.25) is 14.2 Å². The maximum atomic E-state index is 12.9. The lowest BCUT2D eigenvalue weighted by Crippen LogP contribution is -2.26. The molecule has 0 spiro atoms. The van der Waals surface area contributed by atoms with E-state index < -0.39 is 0 Å². The molecule has 0 radical (unpaired) electrons. The molecule has 2 N–H and O–H groups in total. The standard InChI is InChI=1S/C20H24N4O2S2/c1-5-13(3)24-19(26)18-16(9-12(2)21-18)23-20(24)28-11-17(25)22-14-7-6-8-15(10-14)27-4/h6-10,13,21H,5,11H2,1-4H3,(H,22,25)/t13-/m0/s1. The van der Waals surface area contributed by atoms with Gasteiger partial charge in [-0.15, -0.1) is 11.8 Å². The Balaban J connectivity index is 1.82. The van der Waals surface area contributed by atoms with E-state index in [0.29, 0.717) is 16.2 Å². The van der Waals surface area contributed by atoms with Gasteiger partial charge in [0.1, 0.15) is 5.52 Å². The van der Waals surface area contributed by atoms with Gasteiger partial charge in [-0.25, -0.2) is 4.98 Å². The molecular weight excluding hydrogens is 392 g/mol. The Hall–Kier alpha value is -2.19. The largest absolute Gasteiger partial charge is 0.353 e. The van der Waals surface area contributed by atoms with Crippen LogP contribution in [0.25, 0.3) is 11.0 Å². The molecule has 2 heterocycles. The van der Waals surface area contributed by atoms with Crippen LogP contribution in [0.3, 0.4) is 0 Å². The van der Waals surface area contributed by atoms with Gasteiger partial charge in [0, 0.05) is 22.3 Å². The molecular formula is C20H24N4O2S2. The second kappa shape index (κ2) is 8.87. The number of benzene rings is 1. The molecule has 148 valence electrons. The summed E-state index contributed by atoms with van der Waals surface area (Å²) in [5.74, 6) is 0.0555. The van der Waals surface area contributed by atoms with E-state index in [1.807, 2.05) is 57.4 Å². The van der Waals surface area contributed by atoms with Crippen LogP contribution in [0.5, 0.6) is 0 Å². The Morgan fingerprint density at radius 1 is 1.36 bits per heavy atom. The summed E-state index contributed by atoms with van der Waals surface area (Å²) in [7, 11) is 0. The lowest BCUT2D eigenvalue weighted by molar-refractivity contribution is -0.113. The summed E-state index contributed by atoms with van der Waals surface area (Å²) in [6, 6.07) is 9.57. The van der Waals surface area contributed by atoms with Crippen LogP contribution in [0.2, 0.25) is 0 Å². The molecule has 0 saturated heterocycles. The molecule has 0 fully saturated rings. The van der Waals surface area contributed by atoms with Gasteiger partial charge in [0.15, 0.2) is 5.16 Å². The molecule has 0 aliphatic heterocycles. The van der Waals surface area contributed by atoms with Crippen LogP contribution >= 0.6 is 23.5 Å². The fourth-order valence-electron chi connectivity index (χ4n) is 2.89. The van der Waals surface area contributed by atoms with Crippen molar-refractivity contribution in [2.45, 2.75) is 43.3 Å². The monoisotopic (exact) mass is 416 g/mol. The molecule has 6 nitrogen and oxygen atoms in total. The third-order valence-corrected chi connectivity index (χ3v) is 6.18. The number of aromatic amines is 1. The smallest absolute Gasteiger partial charge is 0.278 e. The Kier molecular flexibility index (Phi) is 6.51. The highest BCUT2D eigenvalue weighted by Gasteiger charge is 2.18. The third kappa shape index (κ3) is 4.44. The second-order valence-electron chi connectivity index (χ2n) is 6.61. The Morgan fingerprint density at radius 3 is 2.86 bits per heavy atom. The van der Waals surface area contributed by atoms with E-state index in [9.17, 15) is 9.59 Å². The first-order chi connectivity index (χ1) is 13.4. The fourth-order valence-corrected chi connectivity index (χ4v) is 4.25. The highest BCUT2D eigenvalue weighted by atomic mass is 32.2. The molecule has 3 rings (SSSR count). The van der Waals surface area contributed by atoms with Crippen molar-refractivity contribution in [2.24, 2.45) is 0 Å². The van der Waals surface area contributed by atoms with E-state index >= 15 is 0 Å². The Labute approximate surface area is 172 Å². The van der Waals surface area contributed by atoms with Crippen LogP contribution < -0.4 is 10.9 Å². The number of nitrogens with zero attached hydrogens (tertiary/aromatic N) is 2. The van der Waals surface area contributed by atoms with Crippen LogP contribution in [0.1, 0.15) is 32.0 Å². The van der Waals surface area contributed by atoms with Crippen molar-refractivity contribution in [2.75, 3.05) is 17.3 Å². The number of hydrogen-bond acceptors (Lipinski definition) is 5. The molecule has 28 heavy (non-hydrogen) atoms. The number of H-pyrrole nitrogens is 1. The molecule has 3 aromatic rings. The normalized spacial score (nSPS) is 12.3. The number of aromatic nitrogens is 3. The van der Waals surface area contributed by atoms with E-state index in [1.165, 1.54) is 11.8 Å². The molecule has 0 aliphatic carbocycles. The van der Waals surface area contributed by atoms with Gasteiger partial charge < -0.3 is 10.3 Å². The number of anilines is 1. The summed E-state index contributed by atoms with van der Waals surface area (Å²) in [6.45, 7) is 5.92. The van der Waals surface area contributed by atoms with Crippen molar-refractivity contribution in [3.8, 4) is 0 Å². The van der Waals surface area contributed by atoms with Crippen molar-refractivity contribution in [3.63, 3.8) is 0 Å². The van der Waals surface area contributed by atoms with E-state index in [2.05, 4.69) is 15.3 Å². The van der Waals surface area contributed by atoms with Gasteiger partial charge in [-0.2, -0.15) is 0 Å². The van der Waals surface area contributed by atoms with Crippen molar-refractivity contribution in [3.05, 3.63) is 46.4 Å². The van der Waals surface area contributed by atoms with Gasteiger partial charge in [-0.1, -0.05) is 24.8 Å². The molecule has 1 aromatic carbocycles. The number of nitrogens with one attached hydrogen (secondary N) is 2. The molecule has 1 atom stereocenters. The van der Waals surface area contributed by atoms with Crippen LogP contribution in [0, 0.1) is 6.92 Å².